The molecule has 1 heterocycles. The van der Waals surface area contributed by atoms with Crippen molar-refractivity contribution in [3.63, 3.8) is 0 Å². The standard InChI is InChI=1S/C11H17N3O3/c1-4-13(5-2)10(15)9-6-7-14(12-9)8(3)11(16)17/h6-8H,4-5H2,1-3H3,(H,16,17). The average molecular weight is 239 g/mol. The molecule has 1 unspecified atom stereocenters. The molecule has 0 aliphatic rings. The van der Waals surface area contributed by atoms with Gasteiger partial charge in [0.25, 0.3) is 5.91 Å². The summed E-state index contributed by atoms with van der Waals surface area (Å²) in [5.74, 6) is -1.15. The summed E-state index contributed by atoms with van der Waals surface area (Å²) < 4.78 is 1.28. The molecule has 0 bridgehead atoms. The number of aromatic nitrogens is 2. The molecule has 0 saturated heterocycles. The molecule has 1 atom stereocenters. The van der Waals surface area contributed by atoms with Gasteiger partial charge >= 0.3 is 5.97 Å². The van der Waals surface area contributed by atoms with Gasteiger partial charge in [0.15, 0.2) is 0 Å². The minimum Gasteiger partial charge on any atom is -0.480 e. The fourth-order valence-electron chi connectivity index (χ4n) is 1.45. The SMILES string of the molecule is CCN(CC)C(=O)c1ccn(C(C)C(=O)O)n1. The number of carboxylic acids is 1. The van der Waals surface area contributed by atoms with Crippen LogP contribution in [0.4, 0.5) is 0 Å². The highest BCUT2D eigenvalue weighted by Crippen LogP contribution is 2.08. The third-order valence-electron chi connectivity index (χ3n) is 2.63. The number of aliphatic carboxylic acids is 1. The van der Waals surface area contributed by atoms with Crippen molar-refractivity contribution in [3.05, 3.63) is 18.0 Å². The van der Waals surface area contributed by atoms with Crippen LogP contribution in [0.15, 0.2) is 12.3 Å². The molecule has 1 N–H and O–H groups in total. The van der Waals surface area contributed by atoms with Gasteiger partial charge in [-0.15, -0.1) is 0 Å². The highest BCUT2D eigenvalue weighted by Gasteiger charge is 2.19. The molecule has 94 valence electrons. The summed E-state index contributed by atoms with van der Waals surface area (Å²) in [6.45, 7) is 6.50. The molecule has 1 amide bonds. The third kappa shape index (κ3) is 2.83. The van der Waals surface area contributed by atoms with Crippen LogP contribution in [0, 0.1) is 0 Å². The van der Waals surface area contributed by atoms with E-state index in [-0.39, 0.29) is 11.6 Å². The molecule has 1 aromatic rings. The first-order valence-electron chi connectivity index (χ1n) is 5.58. The smallest absolute Gasteiger partial charge is 0.328 e. The lowest BCUT2D eigenvalue weighted by molar-refractivity contribution is -0.140. The summed E-state index contributed by atoms with van der Waals surface area (Å²) in [5.41, 5.74) is 0.279. The maximum Gasteiger partial charge on any atom is 0.328 e. The molecule has 6 nitrogen and oxygen atoms in total. The molecule has 0 aliphatic carbocycles. The number of carboxylic acid groups (broad SMARTS) is 1. The molecule has 17 heavy (non-hydrogen) atoms. The van der Waals surface area contributed by atoms with Crippen LogP contribution in [0.25, 0.3) is 0 Å². The summed E-state index contributed by atoms with van der Waals surface area (Å²) in [7, 11) is 0. The minimum atomic E-state index is -0.977. The lowest BCUT2D eigenvalue weighted by atomic mass is 10.3. The van der Waals surface area contributed by atoms with Crippen molar-refractivity contribution in [2.75, 3.05) is 13.1 Å². The number of hydrogen-bond acceptors (Lipinski definition) is 3. The van der Waals surface area contributed by atoms with Crippen molar-refractivity contribution in [3.8, 4) is 0 Å². The Bertz CT molecular complexity index is 410. The van der Waals surface area contributed by atoms with Gasteiger partial charge < -0.3 is 10.0 Å². The lowest BCUT2D eigenvalue weighted by Crippen LogP contribution is -2.31. The number of hydrogen-bond donors (Lipinski definition) is 1. The van der Waals surface area contributed by atoms with Crippen LogP contribution >= 0.6 is 0 Å². The molecule has 0 aliphatic heterocycles. The number of nitrogens with zero attached hydrogens (tertiary/aromatic N) is 3. The third-order valence-corrected chi connectivity index (χ3v) is 2.63. The van der Waals surface area contributed by atoms with Crippen LogP contribution < -0.4 is 0 Å². The number of carbonyl (C=O) groups is 2. The van der Waals surface area contributed by atoms with Crippen molar-refractivity contribution >= 4 is 11.9 Å². The highest BCUT2D eigenvalue weighted by molar-refractivity contribution is 5.92. The highest BCUT2D eigenvalue weighted by atomic mass is 16.4. The van der Waals surface area contributed by atoms with Gasteiger partial charge in [-0.25, -0.2) is 4.79 Å². The largest absolute Gasteiger partial charge is 0.480 e. The summed E-state index contributed by atoms with van der Waals surface area (Å²) in [6, 6.07) is 0.772. The van der Waals surface area contributed by atoms with Crippen molar-refractivity contribution in [1.29, 1.82) is 0 Å². The molecule has 0 fully saturated rings. The zero-order valence-corrected chi connectivity index (χ0v) is 10.3. The van der Waals surface area contributed by atoms with E-state index >= 15 is 0 Å². The lowest BCUT2D eigenvalue weighted by Gasteiger charge is -2.16. The Morgan fingerprint density at radius 2 is 2.06 bits per heavy atom. The van der Waals surface area contributed by atoms with E-state index < -0.39 is 12.0 Å². The van der Waals surface area contributed by atoms with Crippen molar-refractivity contribution in [2.24, 2.45) is 0 Å². The monoisotopic (exact) mass is 239 g/mol. The molecule has 0 radical (unpaired) electrons. The Morgan fingerprint density at radius 3 is 2.53 bits per heavy atom. The maximum absolute atomic E-state index is 11.9. The predicted octanol–water partition coefficient (Wildman–Crippen LogP) is 1.01. The second kappa shape index (κ2) is 5.47. The van der Waals surface area contributed by atoms with Crippen LogP contribution in [0.3, 0.4) is 0 Å². The first-order chi connectivity index (χ1) is 8.01. The molecule has 6 heteroatoms. The second-order valence-corrected chi connectivity index (χ2v) is 3.67. The Balaban J connectivity index is 2.87. The number of carbonyl (C=O) groups excluding carboxylic acids is 1. The van der Waals surface area contributed by atoms with Gasteiger partial charge in [-0.05, 0) is 26.8 Å². The van der Waals surface area contributed by atoms with E-state index in [0.29, 0.717) is 13.1 Å². The average Bonchev–Trinajstić information content (AvgIpc) is 2.78. The van der Waals surface area contributed by atoms with Crippen molar-refractivity contribution in [1.82, 2.24) is 14.7 Å². The quantitative estimate of drug-likeness (QED) is 0.832. The van der Waals surface area contributed by atoms with Gasteiger partial charge in [0.2, 0.25) is 0 Å². The fourth-order valence-corrected chi connectivity index (χ4v) is 1.45. The van der Waals surface area contributed by atoms with E-state index in [9.17, 15) is 9.59 Å². The number of amides is 1. The zero-order valence-electron chi connectivity index (χ0n) is 10.3. The van der Waals surface area contributed by atoms with E-state index in [1.165, 1.54) is 17.8 Å². The molecular weight excluding hydrogens is 222 g/mol. The topological polar surface area (TPSA) is 75.4 Å². The zero-order chi connectivity index (χ0) is 13.0. The first kappa shape index (κ1) is 13.2. The van der Waals surface area contributed by atoms with E-state index in [2.05, 4.69) is 5.10 Å². The van der Waals surface area contributed by atoms with Crippen molar-refractivity contribution in [2.45, 2.75) is 26.8 Å². The van der Waals surface area contributed by atoms with E-state index in [1.807, 2.05) is 13.8 Å². The van der Waals surface area contributed by atoms with Gasteiger partial charge in [-0.1, -0.05) is 0 Å². The summed E-state index contributed by atoms with van der Waals surface area (Å²) in [4.78, 5) is 24.3. The first-order valence-corrected chi connectivity index (χ1v) is 5.58. The van der Waals surface area contributed by atoms with Gasteiger partial charge in [0.1, 0.15) is 11.7 Å². The van der Waals surface area contributed by atoms with Crippen LogP contribution in [-0.2, 0) is 4.79 Å². The molecule has 0 aromatic carbocycles. The Kier molecular flexibility index (Phi) is 4.25. The number of rotatable bonds is 5. The molecule has 0 spiro atoms. The van der Waals surface area contributed by atoms with E-state index in [0.717, 1.165) is 0 Å². The van der Waals surface area contributed by atoms with Crippen LogP contribution in [0.1, 0.15) is 37.3 Å². The Labute approximate surface area is 99.8 Å². The normalized spacial score (nSPS) is 12.2. The van der Waals surface area contributed by atoms with E-state index in [1.54, 1.807) is 11.0 Å². The molecule has 1 rings (SSSR count). The summed E-state index contributed by atoms with van der Waals surface area (Å²) in [6.07, 6.45) is 1.51. The summed E-state index contributed by atoms with van der Waals surface area (Å²) in [5, 5.41) is 12.8. The fraction of sp³-hybridized carbons (Fsp3) is 0.545. The van der Waals surface area contributed by atoms with Gasteiger partial charge in [0, 0.05) is 19.3 Å². The molecule has 1 aromatic heterocycles. The van der Waals surface area contributed by atoms with Crippen LogP contribution in [0.5, 0.6) is 0 Å². The van der Waals surface area contributed by atoms with Gasteiger partial charge in [0.05, 0.1) is 0 Å². The van der Waals surface area contributed by atoms with E-state index in [4.69, 9.17) is 5.11 Å². The Morgan fingerprint density at radius 1 is 1.47 bits per heavy atom. The van der Waals surface area contributed by atoms with Gasteiger partial charge in [-0.3, -0.25) is 9.48 Å². The Hall–Kier alpha value is -1.85. The maximum atomic E-state index is 11.9. The molecule has 0 saturated carbocycles. The summed E-state index contributed by atoms with van der Waals surface area (Å²) >= 11 is 0. The van der Waals surface area contributed by atoms with Crippen molar-refractivity contribution < 1.29 is 14.7 Å². The minimum absolute atomic E-state index is 0.175. The predicted molar refractivity (Wildman–Crippen MR) is 61.8 cm³/mol. The molecular formula is C11H17N3O3. The van der Waals surface area contributed by atoms with Gasteiger partial charge in [-0.2, -0.15) is 5.10 Å². The second-order valence-electron chi connectivity index (χ2n) is 3.67. The van der Waals surface area contributed by atoms with Crippen LogP contribution in [0.2, 0.25) is 0 Å². The van der Waals surface area contributed by atoms with Crippen LogP contribution in [-0.4, -0.2) is 44.8 Å².